The normalized spacial score (nSPS) is 10.6. The minimum absolute atomic E-state index is 0.0173. The average Bonchev–Trinajstić information content (AvgIpc) is 2.29. The maximum Gasteiger partial charge on any atom is 0.196 e. The molecule has 0 aliphatic rings. The first kappa shape index (κ1) is 13.3. The molecule has 1 heterocycles. The van der Waals surface area contributed by atoms with Gasteiger partial charge in [-0.15, -0.1) is 0 Å². The van der Waals surface area contributed by atoms with Crippen molar-refractivity contribution in [1.29, 1.82) is 0 Å². The molecule has 0 fully saturated rings. The van der Waals surface area contributed by atoms with Crippen molar-refractivity contribution < 1.29 is 13.6 Å². The summed E-state index contributed by atoms with van der Waals surface area (Å²) in [6.45, 7) is 4.64. The second-order valence-electron chi connectivity index (χ2n) is 4.36. The van der Waals surface area contributed by atoms with Gasteiger partial charge in [-0.25, -0.2) is 18.7 Å². The fraction of sp³-hybridized carbons (Fsp3) is 0.214. The average molecular weight is 262 g/mol. The van der Waals surface area contributed by atoms with Crippen LogP contribution >= 0.6 is 0 Å². The van der Waals surface area contributed by atoms with E-state index in [0.717, 1.165) is 6.07 Å². The van der Waals surface area contributed by atoms with Crippen molar-refractivity contribution in [3.05, 3.63) is 46.9 Å². The Bertz CT molecular complexity index is 645. The fourth-order valence-corrected chi connectivity index (χ4v) is 1.87. The summed E-state index contributed by atoms with van der Waals surface area (Å²) in [5.41, 5.74) is 1.56. The molecule has 98 valence electrons. The van der Waals surface area contributed by atoms with Gasteiger partial charge in [0.25, 0.3) is 0 Å². The summed E-state index contributed by atoms with van der Waals surface area (Å²) in [5.74, 6) is -1.63. The first-order chi connectivity index (χ1) is 8.90. The van der Waals surface area contributed by atoms with Gasteiger partial charge < -0.3 is 0 Å². The van der Waals surface area contributed by atoms with Crippen LogP contribution in [0.25, 0.3) is 11.3 Å². The van der Waals surface area contributed by atoms with Gasteiger partial charge in [-0.1, -0.05) is 0 Å². The molecule has 0 spiro atoms. The van der Waals surface area contributed by atoms with Gasteiger partial charge >= 0.3 is 0 Å². The Morgan fingerprint density at radius 2 is 1.84 bits per heavy atom. The van der Waals surface area contributed by atoms with E-state index in [1.165, 1.54) is 19.2 Å². The lowest BCUT2D eigenvalue weighted by molar-refractivity contribution is 0.100. The number of ketones is 1. The number of carbonyl (C=O) groups excluding carboxylic acids is 1. The second kappa shape index (κ2) is 4.84. The third kappa shape index (κ3) is 2.50. The molecule has 2 rings (SSSR count). The van der Waals surface area contributed by atoms with Crippen molar-refractivity contribution in [2.45, 2.75) is 20.8 Å². The number of nitrogens with zero attached hydrogens (tertiary/aromatic N) is 2. The minimum atomic E-state index is -0.700. The molecule has 5 heteroatoms. The maximum atomic E-state index is 13.9. The van der Waals surface area contributed by atoms with Crippen LogP contribution in [0, 0.1) is 25.5 Å². The van der Waals surface area contributed by atoms with Gasteiger partial charge in [-0.2, -0.15) is 0 Å². The molecular weight excluding hydrogens is 250 g/mol. The predicted octanol–water partition coefficient (Wildman–Crippen LogP) is 3.24. The van der Waals surface area contributed by atoms with E-state index in [9.17, 15) is 13.6 Å². The zero-order chi connectivity index (χ0) is 14.2. The van der Waals surface area contributed by atoms with E-state index in [0.29, 0.717) is 16.8 Å². The molecule has 19 heavy (non-hydrogen) atoms. The molecule has 1 aromatic carbocycles. The van der Waals surface area contributed by atoms with E-state index >= 15 is 0 Å². The lowest BCUT2D eigenvalue weighted by Crippen LogP contribution is -2.05. The van der Waals surface area contributed by atoms with Crippen LogP contribution in [0.4, 0.5) is 8.78 Å². The van der Waals surface area contributed by atoms with E-state index in [4.69, 9.17) is 0 Å². The highest BCUT2D eigenvalue weighted by molar-refractivity contribution is 5.90. The number of benzene rings is 1. The Morgan fingerprint density at radius 1 is 1.16 bits per heavy atom. The monoisotopic (exact) mass is 262 g/mol. The first-order valence-corrected chi connectivity index (χ1v) is 5.70. The number of carbonyl (C=O) groups is 1. The summed E-state index contributed by atoms with van der Waals surface area (Å²) in [7, 11) is 0. The molecule has 0 N–H and O–H groups in total. The summed E-state index contributed by atoms with van der Waals surface area (Å²) in [6, 6.07) is 2.03. The largest absolute Gasteiger partial charge is 0.291 e. The summed E-state index contributed by atoms with van der Waals surface area (Å²) < 4.78 is 27.0. The lowest BCUT2D eigenvalue weighted by atomic mass is 10.0. The minimum Gasteiger partial charge on any atom is -0.291 e. The standard InChI is InChI=1S/C14H12F2N2O/c1-7-4-10(15)5-11(16)12(7)13-8(2)6-17-14(18-13)9(3)19/h4-6H,1-3H3. The van der Waals surface area contributed by atoms with Crippen LogP contribution in [-0.4, -0.2) is 15.8 Å². The van der Waals surface area contributed by atoms with Gasteiger partial charge in [-0.3, -0.25) is 4.79 Å². The molecular formula is C14H12F2N2O. The zero-order valence-corrected chi connectivity index (χ0v) is 10.8. The molecule has 0 aliphatic heterocycles. The Morgan fingerprint density at radius 3 is 2.42 bits per heavy atom. The van der Waals surface area contributed by atoms with Crippen LogP contribution in [-0.2, 0) is 0 Å². The van der Waals surface area contributed by atoms with Crippen LogP contribution in [0.3, 0.4) is 0 Å². The van der Waals surface area contributed by atoms with Gasteiger partial charge in [0.15, 0.2) is 11.6 Å². The van der Waals surface area contributed by atoms with E-state index in [1.54, 1.807) is 13.8 Å². The highest BCUT2D eigenvalue weighted by Gasteiger charge is 2.16. The number of aromatic nitrogens is 2. The quantitative estimate of drug-likeness (QED) is 0.780. The number of Topliss-reactive ketones (excluding diaryl/α,β-unsaturated/α-hetero) is 1. The fourth-order valence-electron chi connectivity index (χ4n) is 1.87. The molecule has 0 aliphatic carbocycles. The van der Waals surface area contributed by atoms with Crippen LogP contribution in [0.1, 0.15) is 28.7 Å². The molecule has 2 aromatic rings. The number of rotatable bonds is 2. The maximum absolute atomic E-state index is 13.9. The Balaban J connectivity index is 2.71. The summed E-state index contributed by atoms with van der Waals surface area (Å²) >= 11 is 0. The molecule has 1 aromatic heterocycles. The van der Waals surface area contributed by atoms with Crippen molar-refractivity contribution >= 4 is 5.78 Å². The molecule has 0 bridgehead atoms. The van der Waals surface area contributed by atoms with Crippen LogP contribution < -0.4 is 0 Å². The molecule has 0 unspecified atom stereocenters. The third-order valence-electron chi connectivity index (χ3n) is 2.78. The van der Waals surface area contributed by atoms with E-state index in [2.05, 4.69) is 9.97 Å². The topological polar surface area (TPSA) is 42.9 Å². The molecule has 3 nitrogen and oxygen atoms in total. The second-order valence-corrected chi connectivity index (χ2v) is 4.36. The number of aryl methyl sites for hydroxylation is 2. The molecule has 0 amide bonds. The number of halogens is 2. The smallest absolute Gasteiger partial charge is 0.196 e. The van der Waals surface area contributed by atoms with Gasteiger partial charge in [0.1, 0.15) is 11.6 Å². The molecule has 0 saturated carbocycles. The van der Waals surface area contributed by atoms with Crippen molar-refractivity contribution in [3.8, 4) is 11.3 Å². The summed E-state index contributed by atoms with van der Waals surface area (Å²) in [4.78, 5) is 19.2. The summed E-state index contributed by atoms with van der Waals surface area (Å²) in [5, 5.41) is 0. The lowest BCUT2D eigenvalue weighted by Gasteiger charge is -2.10. The Hall–Kier alpha value is -2.17. The third-order valence-corrected chi connectivity index (χ3v) is 2.78. The van der Waals surface area contributed by atoms with Crippen molar-refractivity contribution in [2.24, 2.45) is 0 Å². The van der Waals surface area contributed by atoms with E-state index in [1.807, 2.05) is 0 Å². The zero-order valence-electron chi connectivity index (χ0n) is 10.8. The van der Waals surface area contributed by atoms with Crippen LogP contribution in [0.15, 0.2) is 18.3 Å². The van der Waals surface area contributed by atoms with Gasteiger partial charge in [0.05, 0.1) is 5.69 Å². The first-order valence-electron chi connectivity index (χ1n) is 5.70. The molecule has 0 radical (unpaired) electrons. The number of hydrogen-bond donors (Lipinski definition) is 0. The van der Waals surface area contributed by atoms with Gasteiger partial charge in [0.2, 0.25) is 0 Å². The predicted molar refractivity (Wildman–Crippen MR) is 66.9 cm³/mol. The molecule has 0 atom stereocenters. The van der Waals surface area contributed by atoms with E-state index in [-0.39, 0.29) is 17.2 Å². The van der Waals surface area contributed by atoms with Crippen LogP contribution in [0.2, 0.25) is 0 Å². The van der Waals surface area contributed by atoms with Crippen molar-refractivity contribution in [2.75, 3.05) is 0 Å². The van der Waals surface area contributed by atoms with Gasteiger partial charge in [-0.05, 0) is 31.0 Å². The van der Waals surface area contributed by atoms with Crippen molar-refractivity contribution in [3.63, 3.8) is 0 Å². The highest BCUT2D eigenvalue weighted by Crippen LogP contribution is 2.28. The van der Waals surface area contributed by atoms with Gasteiger partial charge in [0, 0.05) is 24.8 Å². The number of hydrogen-bond acceptors (Lipinski definition) is 3. The Labute approximate surface area is 109 Å². The van der Waals surface area contributed by atoms with E-state index < -0.39 is 11.6 Å². The Kier molecular flexibility index (Phi) is 3.38. The van der Waals surface area contributed by atoms with Crippen molar-refractivity contribution in [1.82, 2.24) is 9.97 Å². The highest BCUT2D eigenvalue weighted by atomic mass is 19.1. The molecule has 0 saturated heterocycles. The summed E-state index contributed by atoms with van der Waals surface area (Å²) in [6.07, 6.45) is 1.46. The van der Waals surface area contributed by atoms with Crippen LogP contribution in [0.5, 0.6) is 0 Å². The SMILES string of the molecule is CC(=O)c1ncc(C)c(-c2c(C)cc(F)cc2F)n1.